The molecule has 1 unspecified atom stereocenters. The van der Waals surface area contributed by atoms with Crippen molar-refractivity contribution in [3.63, 3.8) is 0 Å². The van der Waals surface area contributed by atoms with Crippen molar-refractivity contribution >= 4 is 31.3 Å². The Morgan fingerprint density at radius 1 is 0.600 bits per heavy atom. The van der Waals surface area contributed by atoms with Crippen LogP contribution in [0.1, 0.15) is 99.2 Å². The Labute approximate surface area is 358 Å². The quantitative estimate of drug-likeness (QED) is 0.0397. The van der Waals surface area contributed by atoms with E-state index < -0.39 is 13.6 Å². The Balaban J connectivity index is 0. The Bertz CT molecular complexity index is 1720. The van der Waals surface area contributed by atoms with Crippen LogP contribution in [0.15, 0.2) is 84.4 Å². The van der Waals surface area contributed by atoms with Gasteiger partial charge < -0.3 is 43.4 Å². The molecule has 14 heteroatoms. The van der Waals surface area contributed by atoms with E-state index in [2.05, 4.69) is 11.7 Å². The second kappa shape index (κ2) is 32.8. The van der Waals surface area contributed by atoms with Gasteiger partial charge in [-0.1, -0.05) is 48.9 Å². The summed E-state index contributed by atoms with van der Waals surface area (Å²) in [4.78, 5) is 44.1. The first-order chi connectivity index (χ1) is 28.5. The maximum absolute atomic E-state index is 11.8. The van der Waals surface area contributed by atoms with Gasteiger partial charge in [0.15, 0.2) is 0 Å². The van der Waals surface area contributed by atoms with E-state index in [9.17, 15) is 23.7 Å². The average Bonchev–Trinajstić information content (AvgIpc) is 3.18. The summed E-state index contributed by atoms with van der Waals surface area (Å²) in [6, 6.07) is 21.2. The highest BCUT2D eigenvalue weighted by atomic mass is 31.2. The molecule has 0 saturated carbocycles. The van der Waals surface area contributed by atoms with Gasteiger partial charge in [-0.05, 0) is 140 Å². The fourth-order valence-corrected chi connectivity index (χ4v) is 6.46. The Morgan fingerprint density at radius 3 is 1.40 bits per heavy atom. The summed E-state index contributed by atoms with van der Waals surface area (Å²) in [6.45, 7) is 15.8. The topological polar surface area (TPSA) is 192 Å². The molecule has 3 rings (SSSR count). The van der Waals surface area contributed by atoms with Gasteiger partial charge in [-0.3, -0.25) is 14.2 Å². The second-order valence-electron chi connectivity index (χ2n) is 13.5. The lowest BCUT2D eigenvalue weighted by molar-refractivity contribution is -0.144. The van der Waals surface area contributed by atoms with E-state index in [0.717, 1.165) is 48.8 Å². The Kier molecular flexibility index (Phi) is 30.1. The summed E-state index contributed by atoms with van der Waals surface area (Å²) in [5.41, 5.74) is 4.40. The Morgan fingerprint density at radius 2 is 1.00 bits per heavy atom. The van der Waals surface area contributed by atoms with Crippen LogP contribution < -0.4 is 0 Å². The molecule has 0 aliphatic carbocycles. The number of phenols is 3. The number of carbonyl (C=O) groups is 4. The minimum absolute atomic E-state index is 0. The molecule has 0 bridgehead atoms. The van der Waals surface area contributed by atoms with E-state index in [1.54, 1.807) is 71.0 Å². The molecular weight excluding hydrogens is 791 g/mol. The second-order valence-corrected chi connectivity index (χ2v) is 15.6. The average molecular weight is 861 g/mol. The van der Waals surface area contributed by atoms with Crippen molar-refractivity contribution in [2.75, 3.05) is 39.2 Å². The molecule has 60 heavy (non-hydrogen) atoms. The van der Waals surface area contributed by atoms with Gasteiger partial charge in [0.05, 0.1) is 33.0 Å². The van der Waals surface area contributed by atoms with Crippen LogP contribution in [0.4, 0.5) is 0 Å². The van der Waals surface area contributed by atoms with Gasteiger partial charge in [-0.2, -0.15) is 0 Å². The minimum Gasteiger partial charge on any atom is -0.508 e. The summed E-state index contributed by atoms with van der Waals surface area (Å²) < 4.78 is 36.0. The number of hydrogen-bond acceptors (Lipinski definition) is 13. The Hall–Kier alpha value is -4.97. The highest BCUT2D eigenvalue weighted by Gasteiger charge is 2.28. The van der Waals surface area contributed by atoms with Crippen LogP contribution in [-0.4, -0.2) is 78.2 Å². The first kappa shape index (κ1) is 55.0. The molecule has 1 atom stereocenters. The highest BCUT2D eigenvalue weighted by Crippen LogP contribution is 2.47. The van der Waals surface area contributed by atoms with Crippen LogP contribution in [0.2, 0.25) is 0 Å². The van der Waals surface area contributed by atoms with Crippen LogP contribution >= 0.6 is 7.60 Å². The molecule has 0 fully saturated rings. The first-order valence-electron chi connectivity index (χ1n) is 20.4. The number of ketones is 1. The number of benzene rings is 3. The number of Topliss-reactive ketones (excluding diaryl/α,β-unsaturated/α-hetero) is 1. The third kappa shape index (κ3) is 29.3. The van der Waals surface area contributed by atoms with Crippen LogP contribution in [0.3, 0.4) is 0 Å². The van der Waals surface area contributed by atoms with Gasteiger partial charge in [0.25, 0.3) is 0 Å². The lowest BCUT2D eigenvalue weighted by Crippen LogP contribution is -2.12. The third-order valence-electron chi connectivity index (χ3n) is 8.06. The first-order valence-corrected chi connectivity index (χ1v) is 22.1. The maximum Gasteiger partial charge on any atom is 0.341 e. The number of aromatic hydroxyl groups is 3. The molecule has 0 aliphatic heterocycles. The molecule has 0 spiro atoms. The van der Waals surface area contributed by atoms with Crippen molar-refractivity contribution < 1.29 is 63.7 Å². The van der Waals surface area contributed by atoms with Gasteiger partial charge in [0.2, 0.25) is 0 Å². The smallest absolute Gasteiger partial charge is 0.341 e. The largest absolute Gasteiger partial charge is 0.508 e. The normalized spacial score (nSPS) is 11.2. The van der Waals surface area contributed by atoms with Gasteiger partial charge in [-0.25, -0.2) is 4.79 Å². The molecule has 0 amide bonds. The molecule has 0 aliphatic rings. The fraction of sp³-hybridized carbons (Fsp3) is 0.478. The number of hydrogen-bond donors (Lipinski definition) is 3. The van der Waals surface area contributed by atoms with Crippen LogP contribution in [-0.2, 0) is 66.3 Å². The van der Waals surface area contributed by atoms with Gasteiger partial charge in [-0.15, -0.1) is 0 Å². The van der Waals surface area contributed by atoms with E-state index in [1.807, 2.05) is 50.2 Å². The number of rotatable bonds is 21. The molecule has 0 radical (unpaired) electrons. The summed E-state index contributed by atoms with van der Waals surface area (Å²) >= 11 is 0. The number of esters is 3. The predicted octanol–water partition coefficient (Wildman–Crippen LogP) is 9.72. The van der Waals surface area contributed by atoms with Gasteiger partial charge in [0, 0.05) is 20.3 Å². The number of allylic oxidation sites excluding steroid dienone is 1. The van der Waals surface area contributed by atoms with Gasteiger partial charge in [0.1, 0.15) is 29.2 Å². The number of carbonyl (C=O) groups excluding carboxylic acids is 4. The number of phenolic OH excluding ortho intramolecular Hbond substituents is 3. The van der Waals surface area contributed by atoms with Crippen LogP contribution in [0.5, 0.6) is 17.2 Å². The summed E-state index contributed by atoms with van der Waals surface area (Å²) in [6.07, 6.45) is 6.55. The standard InChI is InChI=1S/C14H20O3.C14H18O3.C10H12O2.C8H17O5P.H2/c2*1-3-17-14(16)10-11(2)4-5-12-6-8-13(15)9-7-12;1-8(11)2-3-9-4-6-10(12)7-5-9;1-4-11-8(9)7-14(10,12-5-2)13-6-3;/h6-9,11,15H,3-5,10H2,1-2H3;6-10,15H,3-5H2,1-2H3;4-7,12H,2-3H2,1H3;4-7H2,1-3H3;1H/b;11-10+;;;. The molecule has 0 heterocycles. The predicted molar refractivity (Wildman–Crippen MR) is 235 cm³/mol. The summed E-state index contributed by atoms with van der Waals surface area (Å²) in [5, 5.41) is 27.3. The summed E-state index contributed by atoms with van der Waals surface area (Å²) in [7, 11) is -3.28. The molecule has 3 N–H and O–H groups in total. The zero-order valence-corrected chi connectivity index (χ0v) is 37.5. The SMILES string of the molecule is CC(=O)CCc1ccc(O)cc1.CCOC(=O)/C=C(\C)CCc1ccc(O)cc1.CCOC(=O)CC(C)CCc1ccc(O)cc1.CCOC(=O)CP(=O)(OCC)OCC.[HH]. The molecular formula is C46H69O13P. The van der Waals surface area contributed by atoms with Crippen molar-refractivity contribution in [3.05, 3.63) is 101 Å². The van der Waals surface area contributed by atoms with E-state index >= 15 is 0 Å². The van der Waals surface area contributed by atoms with E-state index in [4.69, 9.17) is 33.8 Å². The number of aryl methyl sites for hydroxylation is 3. The van der Waals surface area contributed by atoms with Crippen LogP contribution in [0, 0.1) is 5.92 Å². The molecule has 0 saturated heterocycles. The number of ether oxygens (including phenoxy) is 3. The van der Waals surface area contributed by atoms with Gasteiger partial charge >= 0.3 is 25.5 Å². The zero-order valence-electron chi connectivity index (χ0n) is 36.6. The fourth-order valence-electron chi connectivity index (χ4n) is 5.01. The monoisotopic (exact) mass is 860 g/mol. The van der Waals surface area contributed by atoms with E-state index in [0.29, 0.717) is 32.0 Å². The van der Waals surface area contributed by atoms with Crippen molar-refractivity contribution in [2.45, 2.75) is 100 Å². The van der Waals surface area contributed by atoms with Crippen molar-refractivity contribution in [3.8, 4) is 17.2 Å². The highest BCUT2D eigenvalue weighted by molar-refractivity contribution is 7.54. The van der Waals surface area contributed by atoms with E-state index in [-0.39, 0.29) is 62.4 Å². The summed E-state index contributed by atoms with van der Waals surface area (Å²) in [5.74, 6) is 0.382. The third-order valence-corrected chi connectivity index (χ3v) is 10.0. The van der Waals surface area contributed by atoms with Crippen molar-refractivity contribution in [1.29, 1.82) is 0 Å². The zero-order chi connectivity index (χ0) is 45.3. The maximum atomic E-state index is 11.8. The van der Waals surface area contributed by atoms with Crippen molar-refractivity contribution in [2.24, 2.45) is 5.92 Å². The molecule has 13 nitrogen and oxygen atoms in total. The molecule has 0 aromatic heterocycles. The van der Waals surface area contributed by atoms with E-state index in [1.165, 1.54) is 11.6 Å². The lowest BCUT2D eigenvalue weighted by atomic mass is 9.98. The lowest BCUT2D eigenvalue weighted by Gasteiger charge is -2.15. The molecule has 3 aromatic rings. The van der Waals surface area contributed by atoms with Crippen LogP contribution in [0.25, 0.3) is 0 Å². The minimum atomic E-state index is -3.28. The molecule has 3 aromatic carbocycles. The van der Waals surface area contributed by atoms with Crippen molar-refractivity contribution in [1.82, 2.24) is 0 Å². The molecule has 336 valence electrons.